The molecule has 0 spiro atoms. The molecule has 1 heterocycles. The third-order valence-electron chi connectivity index (χ3n) is 3.05. The monoisotopic (exact) mass is 192 g/mol. The van der Waals surface area contributed by atoms with E-state index in [-0.39, 0.29) is 5.54 Å². The molecule has 2 unspecified atom stereocenters. The molecule has 0 aliphatic heterocycles. The first kappa shape index (κ1) is 9.46. The Hall–Kier alpha value is -1.09. The highest BCUT2D eigenvalue weighted by Crippen LogP contribution is 2.42. The van der Waals surface area contributed by atoms with Crippen LogP contribution in [0.15, 0.2) is 18.3 Å². The van der Waals surface area contributed by atoms with Crippen molar-refractivity contribution in [1.29, 1.82) is 0 Å². The number of methoxy groups -OCH3 is 1. The number of aromatic nitrogens is 1. The number of pyridine rings is 1. The van der Waals surface area contributed by atoms with Crippen molar-refractivity contribution in [3.63, 3.8) is 0 Å². The molecule has 0 bridgehead atoms. The van der Waals surface area contributed by atoms with E-state index < -0.39 is 0 Å². The van der Waals surface area contributed by atoms with E-state index in [1.807, 2.05) is 18.3 Å². The molecule has 1 aliphatic carbocycles. The van der Waals surface area contributed by atoms with Gasteiger partial charge in [-0.25, -0.2) is 4.98 Å². The van der Waals surface area contributed by atoms with Crippen LogP contribution in [0.25, 0.3) is 0 Å². The van der Waals surface area contributed by atoms with E-state index in [0.29, 0.717) is 11.8 Å². The first-order valence-corrected chi connectivity index (χ1v) is 4.92. The van der Waals surface area contributed by atoms with Crippen molar-refractivity contribution < 1.29 is 4.74 Å². The van der Waals surface area contributed by atoms with Crippen molar-refractivity contribution in [3.05, 3.63) is 23.9 Å². The minimum absolute atomic E-state index is 0.0241. The summed E-state index contributed by atoms with van der Waals surface area (Å²) < 4.78 is 4.99. The number of nitrogens with zero attached hydrogens (tertiary/aromatic N) is 1. The largest absolute Gasteiger partial charge is 0.481 e. The van der Waals surface area contributed by atoms with Gasteiger partial charge in [0.25, 0.3) is 0 Å². The van der Waals surface area contributed by atoms with Gasteiger partial charge in [0.1, 0.15) is 0 Å². The number of hydrogen-bond acceptors (Lipinski definition) is 3. The Bertz CT molecular complexity index is 323. The molecule has 1 saturated carbocycles. The highest BCUT2D eigenvalue weighted by molar-refractivity contribution is 5.23. The third-order valence-corrected chi connectivity index (χ3v) is 3.05. The summed E-state index contributed by atoms with van der Waals surface area (Å²) in [5.41, 5.74) is 7.35. The molecule has 2 N–H and O–H groups in total. The molecule has 14 heavy (non-hydrogen) atoms. The average Bonchev–Trinajstić information content (AvgIpc) is 2.75. The van der Waals surface area contributed by atoms with Crippen LogP contribution in [0.3, 0.4) is 0 Å². The maximum Gasteiger partial charge on any atom is 0.212 e. The molecule has 0 amide bonds. The zero-order chi connectivity index (χ0) is 10.2. The fraction of sp³-hybridized carbons (Fsp3) is 0.545. The van der Waals surface area contributed by atoms with Crippen molar-refractivity contribution in [2.45, 2.75) is 25.3 Å². The molecule has 3 heteroatoms. The Balaban J connectivity index is 2.04. The third kappa shape index (κ3) is 1.73. The van der Waals surface area contributed by atoms with E-state index in [0.717, 1.165) is 12.8 Å². The maximum absolute atomic E-state index is 6.13. The first-order chi connectivity index (χ1) is 6.64. The van der Waals surface area contributed by atoms with Crippen LogP contribution in [0.2, 0.25) is 0 Å². The summed E-state index contributed by atoms with van der Waals surface area (Å²) in [6.07, 6.45) is 3.89. The van der Waals surface area contributed by atoms with Gasteiger partial charge in [-0.3, -0.25) is 0 Å². The van der Waals surface area contributed by atoms with Crippen LogP contribution in [-0.2, 0) is 6.42 Å². The van der Waals surface area contributed by atoms with Gasteiger partial charge < -0.3 is 10.5 Å². The lowest BCUT2D eigenvalue weighted by atomic mass is 10.1. The zero-order valence-electron chi connectivity index (χ0n) is 8.66. The van der Waals surface area contributed by atoms with Crippen molar-refractivity contribution >= 4 is 0 Å². The molecule has 76 valence electrons. The van der Waals surface area contributed by atoms with Gasteiger partial charge in [0.2, 0.25) is 5.88 Å². The lowest BCUT2D eigenvalue weighted by Crippen LogP contribution is -2.27. The SMILES string of the molecule is COc1ccc(CC2(N)CC2C)cn1. The van der Waals surface area contributed by atoms with E-state index in [1.54, 1.807) is 7.11 Å². The van der Waals surface area contributed by atoms with Crippen LogP contribution in [0, 0.1) is 5.92 Å². The molecule has 0 saturated heterocycles. The number of rotatable bonds is 3. The minimum atomic E-state index is 0.0241. The van der Waals surface area contributed by atoms with Gasteiger partial charge in [-0.05, 0) is 24.3 Å². The molecular formula is C11H16N2O. The fourth-order valence-electron chi connectivity index (χ4n) is 1.77. The smallest absolute Gasteiger partial charge is 0.212 e. The highest BCUT2D eigenvalue weighted by Gasteiger charge is 2.47. The van der Waals surface area contributed by atoms with Gasteiger partial charge in [0.05, 0.1) is 7.11 Å². The Labute approximate surface area is 84.3 Å². The molecule has 3 nitrogen and oxygen atoms in total. The molecule has 0 radical (unpaired) electrons. The van der Waals surface area contributed by atoms with E-state index >= 15 is 0 Å². The summed E-state index contributed by atoms with van der Waals surface area (Å²) in [6, 6.07) is 3.91. The van der Waals surface area contributed by atoms with Crippen molar-refractivity contribution in [3.8, 4) is 5.88 Å². The molecule has 1 aliphatic rings. The zero-order valence-corrected chi connectivity index (χ0v) is 8.66. The first-order valence-electron chi connectivity index (χ1n) is 4.92. The average molecular weight is 192 g/mol. The Morgan fingerprint density at radius 1 is 1.64 bits per heavy atom. The normalized spacial score (nSPS) is 30.1. The molecule has 1 aromatic heterocycles. The molecule has 2 atom stereocenters. The van der Waals surface area contributed by atoms with Gasteiger partial charge in [0, 0.05) is 17.8 Å². The second kappa shape index (κ2) is 3.24. The van der Waals surface area contributed by atoms with Crippen LogP contribution >= 0.6 is 0 Å². The second-order valence-corrected chi connectivity index (χ2v) is 4.22. The summed E-state index contributed by atoms with van der Waals surface area (Å²) in [5.74, 6) is 1.30. The van der Waals surface area contributed by atoms with Crippen molar-refractivity contribution in [2.24, 2.45) is 11.7 Å². The summed E-state index contributed by atoms with van der Waals surface area (Å²) in [5, 5.41) is 0. The minimum Gasteiger partial charge on any atom is -0.481 e. The molecular weight excluding hydrogens is 176 g/mol. The summed E-state index contributed by atoms with van der Waals surface area (Å²) in [4.78, 5) is 4.16. The molecule has 1 fully saturated rings. The second-order valence-electron chi connectivity index (χ2n) is 4.22. The number of hydrogen-bond donors (Lipinski definition) is 1. The number of nitrogens with two attached hydrogens (primary N) is 1. The lowest BCUT2D eigenvalue weighted by molar-refractivity contribution is 0.397. The molecule has 0 aromatic carbocycles. The Kier molecular flexibility index (Phi) is 2.19. The maximum atomic E-state index is 6.13. The number of ether oxygens (including phenoxy) is 1. The highest BCUT2D eigenvalue weighted by atomic mass is 16.5. The summed E-state index contributed by atoms with van der Waals surface area (Å²) >= 11 is 0. The van der Waals surface area contributed by atoms with Gasteiger partial charge >= 0.3 is 0 Å². The topological polar surface area (TPSA) is 48.1 Å². The predicted octanol–water partition coefficient (Wildman–Crippen LogP) is 1.37. The van der Waals surface area contributed by atoms with Gasteiger partial charge in [-0.2, -0.15) is 0 Å². The fourth-order valence-corrected chi connectivity index (χ4v) is 1.77. The van der Waals surface area contributed by atoms with Crippen LogP contribution in [0.1, 0.15) is 18.9 Å². The molecule has 2 rings (SSSR count). The van der Waals surface area contributed by atoms with Crippen molar-refractivity contribution in [1.82, 2.24) is 4.98 Å². The molecule has 1 aromatic rings. The van der Waals surface area contributed by atoms with Gasteiger partial charge in [0.15, 0.2) is 0 Å². The van der Waals surface area contributed by atoms with E-state index in [2.05, 4.69) is 11.9 Å². The summed E-state index contributed by atoms with van der Waals surface area (Å²) in [6.45, 7) is 2.19. The standard InChI is InChI=1S/C11H16N2O/c1-8-5-11(8,12)6-9-3-4-10(14-2)13-7-9/h3-4,7-8H,5-6,12H2,1-2H3. The van der Waals surface area contributed by atoms with Gasteiger partial charge in [-0.1, -0.05) is 13.0 Å². The summed E-state index contributed by atoms with van der Waals surface area (Å²) in [7, 11) is 1.62. The van der Waals surface area contributed by atoms with Crippen LogP contribution < -0.4 is 10.5 Å². The van der Waals surface area contributed by atoms with Crippen LogP contribution in [0.4, 0.5) is 0 Å². The van der Waals surface area contributed by atoms with E-state index in [4.69, 9.17) is 10.5 Å². The van der Waals surface area contributed by atoms with Crippen LogP contribution in [-0.4, -0.2) is 17.6 Å². The van der Waals surface area contributed by atoms with Crippen LogP contribution in [0.5, 0.6) is 5.88 Å². The van der Waals surface area contributed by atoms with E-state index in [9.17, 15) is 0 Å². The Morgan fingerprint density at radius 2 is 2.36 bits per heavy atom. The van der Waals surface area contributed by atoms with Gasteiger partial charge in [-0.15, -0.1) is 0 Å². The quantitative estimate of drug-likeness (QED) is 0.786. The lowest BCUT2D eigenvalue weighted by Gasteiger charge is -2.09. The predicted molar refractivity (Wildman–Crippen MR) is 55.2 cm³/mol. The van der Waals surface area contributed by atoms with Crippen molar-refractivity contribution in [2.75, 3.05) is 7.11 Å². The van der Waals surface area contributed by atoms with E-state index in [1.165, 1.54) is 5.56 Å². The Morgan fingerprint density at radius 3 is 2.79 bits per heavy atom.